The van der Waals surface area contributed by atoms with Gasteiger partial charge in [0.25, 0.3) is 0 Å². The highest BCUT2D eigenvalue weighted by Gasteiger charge is 2.24. The molecule has 0 radical (unpaired) electrons. The second kappa shape index (κ2) is 6.43. The van der Waals surface area contributed by atoms with Gasteiger partial charge >= 0.3 is 0 Å². The number of ether oxygens (including phenoxy) is 3. The molecule has 0 saturated carbocycles. The summed E-state index contributed by atoms with van der Waals surface area (Å²) in [6, 6.07) is 6.06. The van der Waals surface area contributed by atoms with Gasteiger partial charge in [0.15, 0.2) is 11.5 Å². The Labute approximate surface area is 117 Å². The fraction of sp³-hybridized carbons (Fsp3) is 0.571. The molecule has 0 aliphatic carbocycles. The van der Waals surface area contributed by atoms with E-state index in [9.17, 15) is 0 Å². The lowest BCUT2D eigenvalue weighted by Crippen LogP contribution is -2.21. The summed E-state index contributed by atoms with van der Waals surface area (Å²) in [6.07, 6.45) is 2.34. The smallest absolute Gasteiger partial charge is 0.161 e. The van der Waals surface area contributed by atoms with E-state index in [1.807, 2.05) is 12.1 Å². The highest BCUT2D eigenvalue weighted by Crippen LogP contribution is 2.39. The second-order valence-corrected chi connectivity index (χ2v) is 5.48. The quantitative estimate of drug-likeness (QED) is 0.795. The summed E-state index contributed by atoms with van der Waals surface area (Å²) in [5, 5.41) is 0. The Hall–Kier alpha value is -0.740. The van der Waals surface area contributed by atoms with Gasteiger partial charge in [0.2, 0.25) is 0 Å². The Morgan fingerprint density at radius 2 is 2.06 bits per heavy atom. The summed E-state index contributed by atoms with van der Waals surface area (Å²) < 4.78 is 16.1. The number of benzene rings is 1. The lowest BCUT2D eigenvalue weighted by molar-refractivity contribution is 0.0546. The molecule has 0 bridgehead atoms. The van der Waals surface area contributed by atoms with Crippen molar-refractivity contribution in [2.24, 2.45) is 5.92 Å². The maximum atomic E-state index is 5.54. The van der Waals surface area contributed by atoms with Crippen LogP contribution >= 0.6 is 15.9 Å². The van der Waals surface area contributed by atoms with Crippen LogP contribution in [0, 0.1) is 5.92 Å². The molecule has 1 aliphatic rings. The van der Waals surface area contributed by atoms with E-state index in [0.717, 1.165) is 31.1 Å². The standard InChI is InChI=1S/C14H19BrO3/c1-16-12-6-5-10(8-13(12)17-2)14(15)11-4-3-7-18-9-11/h5-6,8,11,14H,3-4,7,9H2,1-2H3. The van der Waals surface area contributed by atoms with Crippen LogP contribution in [-0.4, -0.2) is 27.4 Å². The van der Waals surface area contributed by atoms with Crippen molar-refractivity contribution in [2.75, 3.05) is 27.4 Å². The van der Waals surface area contributed by atoms with Crippen LogP contribution in [0.3, 0.4) is 0 Å². The summed E-state index contributed by atoms with van der Waals surface area (Å²) >= 11 is 3.78. The van der Waals surface area contributed by atoms with Crippen LogP contribution in [-0.2, 0) is 4.74 Å². The first-order valence-corrected chi connectivity index (χ1v) is 7.11. The molecule has 2 rings (SSSR count). The summed E-state index contributed by atoms with van der Waals surface area (Å²) in [4.78, 5) is 0.303. The Morgan fingerprint density at radius 3 is 2.67 bits per heavy atom. The summed E-state index contributed by atoms with van der Waals surface area (Å²) in [6.45, 7) is 1.71. The van der Waals surface area contributed by atoms with E-state index in [0.29, 0.717) is 10.7 Å². The average molecular weight is 315 g/mol. The minimum Gasteiger partial charge on any atom is -0.493 e. The molecule has 1 aliphatic heterocycles. The van der Waals surface area contributed by atoms with Gasteiger partial charge in [0.1, 0.15) is 0 Å². The van der Waals surface area contributed by atoms with Gasteiger partial charge in [0.05, 0.1) is 20.8 Å². The van der Waals surface area contributed by atoms with Gasteiger partial charge in [-0.1, -0.05) is 22.0 Å². The molecule has 4 heteroatoms. The molecular formula is C14H19BrO3. The van der Waals surface area contributed by atoms with Gasteiger partial charge in [-0.05, 0) is 36.5 Å². The molecule has 18 heavy (non-hydrogen) atoms. The molecule has 0 N–H and O–H groups in total. The normalized spacial score (nSPS) is 21.4. The first kappa shape index (κ1) is 13.7. The molecule has 1 aromatic rings. The number of hydrogen-bond acceptors (Lipinski definition) is 3. The predicted molar refractivity (Wildman–Crippen MR) is 74.8 cm³/mol. The molecule has 1 heterocycles. The Bertz CT molecular complexity index is 389. The lowest BCUT2D eigenvalue weighted by Gasteiger charge is -2.27. The van der Waals surface area contributed by atoms with E-state index in [4.69, 9.17) is 14.2 Å². The van der Waals surface area contributed by atoms with E-state index in [1.54, 1.807) is 14.2 Å². The molecule has 3 nitrogen and oxygen atoms in total. The number of hydrogen-bond donors (Lipinski definition) is 0. The third kappa shape index (κ3) is 2.98. The third-order valence-corrected chi connectivity index (χ3v) is 4.61. The van der Waals surface area contributed by atoms with E-state index >= 15 is 0 Å². The van der Waals surface area contributed by atoms with Crippen molar-refractivity contribution in [2.45, 2.75) is 17.7 Å². The van der Waals surface area contributed by atoms with E-state index in [-0.39, 0.29) is 0 Å². The lowest BCUT2D eigenvalue weighted by atomic mass is 9.94. The molecule has 1 aromatic carbocycles. The predicted octanol–water partition coefficient (Wildman–Crippen LogP) is 3.57. The van der Waals surface area contributed by atoms with Crippen LogP contribution in [0.2, 0.25) is 0 Å². The van der Waals surface area contributed by atoms with Crippen molar-refractivity contribution < 1.29 is 14.2 Å². The van der Waals surface area contributed by atoms with Gasteiger partial charge in [-0.3, -0.25) is 0 Å². The minimum absolute atomic E-state index is 0.303. The summed E-state index contributed by atoms with van der Waals surface area (Å²) in [5.74, 6) is 2.06. The van der Waals surface area contributed by atoms with Crippen LogP contribution in [0.25, 0.3) is 0 Å². The number of halogens is 1. The van der Waals surface area contributed by atoms with E-state index in [1.165, 1.54) is 12.0 Å². The largest absolute Gasteiger partial charge is 0.493 e. The molecule has 0 spiro atoms. The van der Waals surface area contributed by atoms with Crippen molar-refractivity contribution in [1.29, 1.82) is 0 Å². The van der Waals surface area contributed by atoms with Gasteiger partial charge in [-0.15, -0.1) is 0 Å². The molecule has 1 saturated heterocycles. The molecule has 2 unspecified atom stereocenters. The zero-order valence-corrected chi connectivity index (χ0v) is 12.4. The van der Waals surface area contributed by atoms with E-state index in [2.05, 4.69) is 22.0 Å². The second-order valence-electron chi connectivity index (χ2n) is 4.49. The van der Waals surface area contributed by atoms with Gasteiger partial charge in [-0.25, -0.2) is 0 Å². The van der Waals surface area contributed by atoms with Crippen LogP contribution < -0.4 is 9.47 Å². The Kier molecular flexibility index (Phi) is 4.89. The fourth-order valence-electron chi connectivity index (χ4n) is 2.29. The number of alkyl halides is 1. The topological polar surface area (TPSA) is 27.7 Å². The Balaban J connectivity index is 2.16. The van der Waals surface area contributed by atoms with Crippen LogP contribution in [0.4, 0.5) is 0 Å². The molecule has 0 aromatic heterocycles. The van der Waals surface area contributed by atoms with Crippen molar-refractivity contribution in [1.82, 2.24) is 0 Å². The van der Waals surface area contributed by atoms with Gasteiger partial charge in [0, 0.05) is 11.4 Å². The van der Waals surface area contributed by atoms with Gasteiger partial charge < -0.3 is 14.2 Å². The molecule has 100 valence electrons. The van der Waals surface area contributed by atoms with Gasteiger partial charge in [-0.2, -0.15) is 0 Å². The van der Waals surface area contributed by atoms with Crippen molar-refractivity contribution in [3.05, 3.63) is 23.8 Å². The van der Waals surface area contributed by atoms with Crippen molar-refractivity contribution >= 4 is 15.9 Å². The monoisotopic (exact) mass is 314 g/mol. The van der Waals surface area contributed by atoms with Crippen molar-refractivity contribution in [3.8, 4) is 11.5 Å². The highest BCUT2D eigenvalue weighted by atomic mass is 79.9. The zero-order chi connectivity index (χ0) is 13.0. The van der Waals surface area contributed by atoms with E-state index < -0.39 is 0 Å². The van der Waals surface area contributed by atoms with Crippen LogP contribution in [0.5, 0.6) is 11.5 Å². The van der Waals surface area contributed by atoms with Crippen molar-refractivity contribution in [3.63, 3.8) is 0 Å². The summed E-state index contributed by atoms with van der Waals surface area (Å²) in [7, 11) is 3.31. The highest BCUT2D eigenvalue weighted by molar-refractivity contribution is 9.09. The molecule has 2 atom stereocenters. The first-order valence-electron chi connectivity index (χ1n) is 6.20. The van der Waals surface area contributed by atoms with Crippen LogP contribution in [0.1, 0.15) is 23.2 Å². The zero-order valence-electron chi connectivity index (χ0n) is 10.8. The first-order chi connectivity index (χ1) is 8.76. The van der Waals surface area contributed by atoms with Crippen LogP contribution in [0.15, 0.2) is 18.2 Å². The maximum absolute atomic E-state index is 5.54. The fourth-order valence-corrected chi connectivity index (χ4v) is 2.99. The summed E-state index contributed by atoms with van der Waals surface area (Å²) in [5.41, 5.74) is 1.21. The third-order valence-electron chi connectivity index (χ3n) is 3.34. The number of methoxy groups -OCH3 is 2. The Morgan fingerprint density at radius 1 is 1.28 bits per heavy atom. The molecule has 1 fully saturated rings. The number of rotatable bonds is 4. The minimum atomic E-state index is 0.303. The average Bonchev–Trinajstić information content (AvgIpc) is 2.46. The molecule has 0 amide bonds. The SMILES string of the molecule is COc1ccc(C(Br)C2CCCOC2)cc1OC. The maximum Gasteiger partial charge on any atom is 0.161 e. The molecular weight excluding hydrogens is 296 g/mol.